The molecular weight excluding hydrogens is 318 g/mol. The average molecular weight is 348 g/mol. The second-order valence-electron chi connectivity index (χ2n) is 8.68. The number of aliphatic hydroxyl groups excluding tert-OH is 1. The SMILES string of the molecule is CCC(O)c1ccc(C#Cc2ccc3c(c2)C(C)(C)CCC3(C)C)nc1. The quantitative estimate of drug-likeness (QED) is 0.750. The van der Waals surface area contributed by atoms with Gasteiger partial charge in [-0.25, -0.2) is 4.98 Å². The summed E-state index contributed by atoms with van der Waals surface area (Å²) in [6, 6.07) is 10.4. The normalized spacial score (nSPS) is 18.4. The number of rotatable bonds is 2. The van der Waals surface area contributed by atoms with Crippen molar-refractivity contribution in [2.45, 2.75) is 70.8 Å². The topological polar surface area (TPSA) is 33.1 Å². The molecule has 2 heteroatoms. The molecule has 0 radical (unpaired) electrons. The maximum atomic E-state index is 9.86. The molecule has 0 spiro atoms. The van der Waals surface area contributed by atoms with Gasteiger partial charge in [0.1, 0.15) is 5.69 Å². The van der Waals surface area contributed by atoms with Crippen LogP contribution in [-0.2, 0) is 10.8 Å². The summed E-state index contributed by atoms with van der Waals surface area (Å²) in [6.07, 6.45) is 4.38. The first-order valence-electron chi connectivity index (χ1n) is 9.54. The highest BCUT2D eigenvalue weighted by atomic mass is 16.3. The molecule has 1 atom stereocenters. The van der Waals surface area contributed by atoms with Crippen molar-refractivity contribution < 1.29 is 5.11 Å². The lowest BCUT2D eigenvalue weighted by Crippen LogP contribution is -2.33. The lowest BCUT2D eigenvalue weighted by atomic mass is 9.63. The summed E-state index contributed by atoms with van der Waals surface area (Å²) in [7, 11) is 0. The van der Waals surface area contributed by atoms with Crippen LogP contribution in [0.25, 0.3) is 0 Å². The van der Waals surface area contributed by atoms with Gasteiger partial charge in [0.15, 0.2) is 0 Å². The predicted molar refractivity (Wildman–Crippen MR) is 107 cm³/mol. The van der Waals surface area contributed by atoms with Crippen LogP contribution in [0.5, 0.6) is 0 Å². The van der Waals surface area contributed by atoms with Gasteiger partial charge in [-0.3, -0.25) is 0 Å². The summed E-state index contributed by atoms with van der Waals surface area (Å²) in [4.78, 5) is 4.37. The molecule has 1 N–H and O–H groups in total. The predicted octanol–water partition coefficient (Wildman–Crippen LogP) is 5.27. The summed E-state index contributed by atoms with van der Waals surface area (Å²) < 4.78 is 0. The van der Waals surface area contributed by atoms with Crippen molar-refractivity contribution >= 4 is 0 Å². The fourth-order valence-electron chi connectivity index (χ4n) is 3.71. The molecule has 136 valence electrons. The summed E-state index contributed by atoms with van der Waals surface area (Å²) in [5.74, 6) is 6.42. The van der Waals surface area contributed by atoms with E-state index in [1.807, 2.05) is 19.1 Å². The lowest BCUT2D eigenvalue weighted by Gasteiger charge is -2.41. The van der Waals surface area contributed by atoms with Gasteiger partial charge < -0.3 is 5.11 Å². The molecule has 0 bridgehead atoms. The Kier molecular flexibility index (Phi) is 4.95. The van der Waals surface area contributed by atoms with E-state index in [4.69, 9.17) is 0 Å². The van der Waals surface area contributed by atoms with Crippen molar-refractivity contribution in [3.8, 4) is 11.8 Å². The Labute approximate surface area is 157 Å². The van der Waals surface area contributed by atoms with E-state index in [0.29, 0.717) is 6.42 Å². The molecule has 1 aliphatic rings. The third kappa shape index (κ3) is 3.69. The van der Waals surface area contributed by atoms with Gasteiger partial charge >= 0.3 is 0 Å². The Bertz CT molecular complexity index is 850. The summed E-state index contributed by atoms with van der Waals surface area (Å²) in [5, 5.41) is 9.86. The minimum atomic E-state index is -0.448. The number of nitrogens with zero attached hydrogens (tertiary/aromatic N) is 1. The fraction of sp³-hybridized carbons (Fsp3) is 0.458. The number of hydrogen-bond acceptors (Lipinski definition) is 2. The van der Waals surface area contributed by atoms with Crippen LogP contribution in [0.2, 0.25) is 0 Å². The van der Waals surface area contributed by atoms with Gasteiger partial charge in [0.05, 0.1) is 6.10 Å². The van der Waals surface area contributed by atoms with Crippen molar-refractivity contribution in [3.05, 3.63) is 64.5 Å². The van der Waals surface area contributed by atoms with Crippen LogP contribution in [0.3, 0.4) is 0 Å². The number of aromatic nitrogens is 1. The third-order valence-corrected chi connectivity index (χ3v) is 5.75. The highest BCUT2D eigenvalue weighted by molar-refractivity contribution is 5.49. The van der Waals surface area contributed by atoms with Gasteiger partial charge in [0, 0.05) is 11.8 Å². The Morgan fingerprint density at radius 2 is 1.69 bits per heavy atom. The average Bonchev–Trinajstić information content (AvgIpc) is 2.63. The van der Waals surface area contributed by atoms with E-state index in [1.54, 1.807) is 6.20 Å². The van der Waals surface area contributed by atoms with E-state index in [9.17, 15) is 5.11 Å². The minimum absolute atomic E-state index is 0.193. The number of pyridine rings is 1. The largest absolute Gasteiger partial charge is 0.388 e. The molecule has 2 aromatic rings. The van der Waals surface area contributed by atoms with E-state index in [1.165, 1.54) is 24.0 Å². The minimum Gasteiger partial charge on any atom is -0.388 e. The molecular formula is C24H29NO. The molecule has 0 saturated heterocycles. The molecule has 1 aromatic heterocycles. The van der Waals surface area contributed by atoms with Gasteiger partial charge in [-0.1, -0.05) is 52.7 Å². The van der Waals surface area contributed by atoms with Gasteiger partial charge in [0.25, 0.3) is 0 Å². The van der Waals surface area contributed by atoms with Crippen molar-refractivity contribution in [2.75, 3.05) is 0 Å². The van der Waals surface area contributed by atoms with Gasteiger partial charge in [-0.15, -0.1) is 0 Å². The third-order valence-electron chi connectivity index (χ3n) is 5.75. The van der Waals surface area contributed by atoms with Crippen LogP contribution < -0.4 is 0 Å². The van der Waals surface area contributed by atoms with Gasteiger partial charge in [0.2, 0.25) is 0 Å². The molecule has 1 aliphatic carbocycles. The molecule has 0 fully saturated rings. The van der Waals surface area contributed by atoms with Crippen LogP contribution in [-0.4, -0.2) is 10.1 Å². The zero-order valence-electron chi connectivity index (χ0n) is 16.6. The van der Waals surface area contributed by atoms with Crippen LogP contribution in [0.4, 0.5) is 0 Å². The van der Waals surface area contributed by atoms with Crippen LogP contribution in [0, 0.1) is 11.8 Å². The zero-order valence-corrected chi connectivity index (χ0v) is 16.6. The summed E-state index contributed by atoms with van der Waals surface area (Å²) >= 11 is 0. The Balaban J connectivity index is 1.90. The second-order valence-corrected chi connectivity index (χ2v) is 8.68. The van der Waals surface area contributed by atoms with E-state index < -0.39 is 6.10 Å². The molecule has 0 amide bonds. The Hall–Kier alpha value is -2.11. The summed E-state index contributed by atoms with van der Waals surface area (Å²) in [5.41, 5.74) is 5.91. The molecule has 1 aromatic carbocycles. The second kappa shape index (κ2) is 6.89. The van der Waals surface area contributed by atoms with Crippen LogP contribution in [0.15, 0.2) is 36.5 Å². The van der Waals surface area contributed by atoms with Crippen molar-refractivity contribution in [2.24, 2.45) is 0 Å². The van der Waals surface area contributed by atoms with Crippen LogP contribution >= 0.6 is 0 Å². The Morgan fingerprint density at radius 3 is 2.31 bits per heavy atom. The molecule has 0 aliphatic heterocycles. The fourth-order valence-corrected chi connectivity index (χ4v) is 3.71. The highest BCUT2D eigenvalue weighted by Gasteiger charge is 2.36. The van der Waals surface area contributed by atoms with Crippen molar-refractivity contribution in [1.29, 1.82) is 0 Å². The Morgan fingerprint density at radius 1 is 1.00 bits per heavy atom. The number of hydrogen-bond donors (Lipinski definition) is 1. The first-order valence-corrected chi connectivity index (χ1v) is 9.54. The molecule has 3 rings (SSSR count). The molecule has 0 saturated carbocycles. The molecule has 1 unspecified atom stereocenters. The van der Waals surface area contributed by atoms with Gasteiger partial charge in [-0.05, 0) is 70.9 Å². The highest BCUT2D eigenvalue weighted by Crippen LogP contribution is 2.45. The van der Waals surface area contributed by atoms with Gasteiger partial charge in [-0.2, -0.15) is 0 Å². The maximum absolute atomic E-state index is 9.86. The maximum Gasteiger partial charge on any atom is 0.113 e. The first-order chi connectivity index (χ1) is 12.2. The zero-order chi connectivity index (χ0) is 18.9. The first kappa shape index (κ1) is 18.7. The van der Waals surface area contributed by atoms with E-state index in [0.717, 1.165) is 16.8 Å². The number of aliphatic hydroxyl groups is 1. The number of benzene rings is 1. The monoisotopic (exact) mass is 347 g/mol. The van der Waals surface area contributed by atoms with Crippen molar-refractivity contribution in [1.82, 2.24) is 4.98 Å². The lowest BCUT2D eigenvalue weighted by molar-refractivity contribution is 0.173. The van der Waals surface area contributed by atoms with Crippen LogP contribution in [0.1, 0.15) is 87.9 Å². The standard InChI is InChI=1S/C24H29NO/c1-6-22(26)18-9-11-19(25-16-18)10-7-17-8-12-20-21(15-17)24(4,5)14-13-23(20,2)3/h8-9,11-12,15-16,22,26H,6,13-14H2,1-5H3. The molecule has 2 nitrogen and oxygen atoms in total. The molecule has 26 heavy (non-hydrogen) atoms. The number of fused-ring (bicyclic) bond motifs is 1. The van der Waals surface area contributed by atoms with E-state index >= 15 is 0 Å². The smallest absolute Gasteiger partial charge is 0.113 e. The molecule has 1 heterocycles. The van der Waals surface area contributed by atoms with E-state index in [-0.39, 0.29) is 10.8 Å². The van der Waals surface area contributed by atoms with E-state index in [2.05, 4.69) is 62.7 Å². The van der Waals surface area contributed by atoms with Crippen molar-refractivity contribution in [3.63, 3.8) is 0 Å². The summed E-state index contributed by atoms with van der Waals surface area (Å²) in [6.45, 7) is 11.3.